The normalized spacial score (nSPS) is 25.2. The number of hydrogen-bond donors (Lipinski definition) is 18. The fraction of sp³-hybridized carbons (Fsp3) is 0.685. The van der Waals surface area contributed by atoms with E-state index in [1.54, 1.807) is 34.0 Å². The van der Waals surface area contributed by atoms with Crippen LogP contribution in [0.25, 0.3) is 0 Å². The van der Waals surface area contributed by atoms with Gasteiger partial charge in [0.1, 0.15) is 67.0 Å². The number of primary amides is 1. The molecule has 1 aliphatic rings. The molecule has 1 fully saturated rings. The van der Waals surface area contributed by atoms with Gasteiger partial charge in [0.05, 0.1) is 38.7 Å². The topological polar surface area (TPSA) is 544 Å². The summed E-state index contributed by atoms with van der Waals surface area (Å²) in [7, 11) is 0. The van der Waals surface area contributed by atoms with Crippen molar-refractivity contribution in [2.45, 2.75) is 173 Å². The van der Waals surface area contributed by atoms with Gasteiger partial charge < -0.3 is 95.0 Å². The number of aromatic amines is 1. The zero-order chi connectivity index (χ0) is 67.6. The number of nitrogens with zero attached hydrogens (tertiary/aromatic N) is 2. The lowest BCUT2D eigenvalue weighted by atomic mass is 10.0. The zero-order valence-corrected chi connectivity index (χ0v) is 52.8. The van der Waals surface area contributed by atoms with Crippen LogP contribution in [0.4, 0.5) is 0 Å². The van der Waals surface area contributed by atoms with E-state index in [1.165, 1.54) is 38.1 Å². The molecule has 12 amide bonds. The second-order valence-electron chi connectivity index (χ2n) is 22.1. The minimum atomic E-state index is -1.77. The first-order valence-electron chi connectivity index (χ1n) is 29.3. The number of guanidine groups is 1. The van der Waals surface area contributed by atoms with Crippen molar-refractivity contribution < 1.29 is 82.0 Å². The number of aliphatic carboxylic acids is 1. The molecular weight excluding hydrogens is 1200 g/mol. The van der Waals surface area contributed by atoms with Crippen molar-refractivity contribution in [3.63, 3.8) is 0 Å². The van der Waals surface area contributed by atoms with Crippen molar-refractivity contribution in [3.8, 4) is 0 Å². The summed E-state index contributed by atoms with van der Waals surface area (Å²) in [5.74, 6) is -13.0. The molecule has 21 N–H and O–H groups in total. The van der Waals surface area contributed by atoms with E-state index in [0.717, 1.165) is 6.92 Å². The van der Waals surface area contributed by atoms with Crippen LogP contribution in [0.3, 0.4) is 0 Å². The first-order chi connectivity index (χ1) is 42.4. The summed E-state index contributed by atoms with van der Waals surface area (Å²) >= 11 is 1.30. The number of aliphatic hydroxyl groups excluding tert-OH is 1. The number of nitrogens with two attached hydrogens (primary N) is 3. The molecule has 0 spiro atoms. The highest BCUT2D eigenvalue weighted by Gasteiger charge is 2.37. The van der Waals surface area contributed by atoms with E-state index in [2.05, 4.69) is 79.0 Å². The van der Waals surface area contributed by atoms with Gasteiger partial charge in [0, 0.05) is 37.8 Å². The molecule has 1 saturated heterocycles. The first kappa shape index (κ1) is 77.9. The summed E-state index contributed by atoms with van der Waals surface area (Å²) in [6.45, 7) is 9.95. The van der Waals surface area contributed by atoms with E-state index >= 15 is 0 Å². The van der Waals surface area contributed by atoms with Crippen LogP contribution in [-0.2, 0) is 78.2 Å². The summed E-state index contributed by atoms with van der Waals surface area (Å²) in [5.41, 5.74) is 21.6. The molecule has 2 rings (SSSR count). The molecule has 0 aromatic carbocycles. The van der Waals surface area contributed by atoms with E-state index in [9.17, 15) is 72.5 Å². The van der Waals surface area contributed by atoms with E-state index in [0.29, 0.717) is 5.69 Å². The van der Waals surface area contributed by atoms with Crippen molar-refractivity contribution in [1.29, 1.82) is 0 Å². The molecule has 1 aromatic heterocycles. The predicted octanol–water partition coefficient (Wildman–Crippen LogP) is -6.47. The van der Waals surface area contributed by atoms with Crippen LogP contribution in [0.2, 0.25) is 0 Å². The number of nitrogens with one attached hydrogen (secondary N) is 13. The molecule has 0 radical (unpaired) electrons. The number of carbonyl (C=O) groups excluding carboxylic acids is 12. The summed E-state index contributed by atoms with van der Waals surface area (Å²) in [5, 5.41) is 45.4. The minimum Gasteiger partial charge on any atom is -0.481 e. The number of aromatic nitrogens is 2. The third kappa shape index (κ3) is 30.8. The number of hydrazine groups is 1. The smallest absolute Gasteiger partial charge is 0.303 e. The molecule has 0 bridgehead atoms. The van der Waals surface area contributed by atoms with Crippen molar-refractivity contribution >= 4 is 94.6 Å². The predicted molar refractivity (Wildman–Crippen MR) is 325 cm³/mol. The van der Waals surface area contributed by atoms with Gasteiger partial charge in [-0.1, -0.05) is 27.7 Å². The highest BCUT2D eigenvalue weighted by molar-refractivity contribution is 7.98. The van der Waals surface area contributed by atoms with Crippen molar-refractivity contribution in [3.05, 3.63) is 18.2 Å². The van der Waals surface area contributed by atoms with Crippen molar-refractivity contribution in [2.75, 3.05) is 51.5 Å². The quantitative estimate of drug-likeness (QED) is 0.0348. The number of rotatable bonds is 19. The molecule has 11 atom stereocenters. The second-order valence-corrected chi connectivity index (χ2v) is 23.1. The maximum atomic E-state index is 14.3. The number of thioether (sulfide) groups is 1. The van der Waals surface area contributed by atoms with Gasteiger partial charge in [-0.2, -0.15) is 11.8 Å². The molecule has 36 heteroatoms. The number of carbonyl (C=O) groups is 13. The van der Waals surface area contributed by atoms with Gasteiger partial charge in [0.25, 0.3) is 5.91 Å². The average molecular weight is 1300 g/mol. The molecule has 0 saturated carbocycles. The second kappa shape index (κ2) is 41.1. The number of amides is 12. The number of ether oxygens (including phenoxy) is 2. The third-order valence-electron chi connectivity index (χ3n) is 13.2. The highest BCUT2D eigenvalue weighted by atomic mass is 32.2. The van der Waals surface area contributed by atoms with Gasteiger partial charge in [-0.25, -0.2) is 10.4 Å². The Morgan fingerprint density at radius 2 is 1.14 bits per heavy atom. The molecule has 2 heterocycles. The van der Waals surface area contributed by atoms with Gasteiger partial charge in [-0.05, 0) is 83.1 Å². The fourth-order valence-electron chi connectivity index (χ4n) is 8.48. The van der Waals surface area contributed by atoms with Gasteiger partial charge in [-0.3, -0.25) is 72.7 Å². The number of imidazole rings is 1. The number of aliphatic hydroxyl groups is 1. The van der Waals surface area contributed by atoms with E-state index < -0.39 is 169 Å². The maximum Gasteiger partial charge on any atom is 0.303 e. The lowest BCUT2D eigenvalue weighted by Gasteiger charge is -2.28. The molecule has 0 aliphatic carbocycles. The molecule has 0 unspecified atom stereocenters. The van der Waals surface area contributed by atoms with E-state index in [-0.39, 0.29) is 95.0 Å². The Hall–Kier alpha value is -8.22. The van der Waals surface area contributed by atoms with Gasteiger partial charge >= 0.3 is 5.97 Å². The Balaban J connectivity index is 2.65. The Morgan fingerprint density at radius 3 is 1.72 bits per heavy atom. The maximum absolute atomic E-state index is 14.3. The molecule has 35 nitrogen and oxygen atoms in total. The highest BCUT2D eigenvalue weighted by Crippen LogP contribution is 2.12. The number of aliphatic imine (C=N–C) groups is 1. The lowest BCUT2D eigenvalue weighted by molar-refractivity contribution is -0.139. The summed E-state index contributed by atoms with van der Waals surface area (Å²) in [6.07, 6.45) is 0.412. The number of hydrogen-bond acceptors (Lipinski definition) is 20. The third-order valence-corrected chi connectivity index (χ3v) is 13.9. The van der Waals surface area contributed by atoms with E-state index in [4.69, 9.17) is 26.7 Å². The number of carboxylic acids is 1. The Labute approximate surface area is 525 Å². The number of H-pyrrole nitrogens is 1. The monoisotopic (exact) mass is 1300 g/mol. The Morgan fingerprint density at radius 1 is 0.633 bits per heavy atom. The van der Waals surface area contributed by atoms with Gasteiger partial charge in [0.15, 0.2) is 5.96 Å². The molecule has 1 aromatic rings. The van der Waals surface area contributed by atoms with Crippen LogP contribution in [0, 0.1) is 11.8 Å². The van der Waals surface area contributed by atoms with Gasteiger partial charge in [0.2, 0.25) is 65.0 Å². The van der Waals surface area contributed by atoms with E-state index in [1.807, 2.05) is 0 Å². The average Bonchev–Trinajstić information content (AvgIpc) is 1.67. The minimum absolute atomic E-state index is 0.0124. The SMILES string of the molecule is CSCC[C@@H]1NC(=O)[C@H](CCCN=C(N)N)NC(=O)[C@H](CCC(=O)O)NC(=O)[C@H]([C@@H](C)O)NC(=O)[C@H](C)NNC(=O)COCCOCCNC(=O)[C@H](CC(C)C)NC(=O)[C@H](CC(N)=O)NC(=O)[C@H](Cc2cnc[nH]2)NC(=O)[C@H](CC(C)C)NC(=O)[C@H](C)NC1=O. The number of carboxylic acid groups (broad SMARTS) is 1. The van der Waals surface area contributed by atoms with Crippen LogP contribution in [0.1, 0.15) is 106 Å². The van der Waals surface area contributed by atoms with Crippen LogP contribution in [-0.4, -0.2) is 221 Å². The summed E-state index contributed by atoms with van der Waals surface area (Å²) < 4.78 is 10.8. The lowest BCUT2D eigenvalue weighted by Crippen LogP contribution is -2.61. The van der Waals surface area contributed by atoms with Crippen LogP contribution >= 0.6 is 11.8 Å². The standard InChI is InChI=1S/C54H92N18O17S/c1-27(2)20-36-46(80)59-15-16-88-17-18-89-25-41(75)72-71-30(6)45(79)70-43(31(7)73)53(87)65-34(11-12-42(76)77)49(83)63-33(10-9-14-60-54(56)57)48(82)64-35(13-19-90-8)47(81)62-29(5)44(78)66-37(21-28(3)4)50(84)68-38(22-32-24-58-26-61-32)51(85)69-39(23-40(55)74)52(86)67-36/h24,26-31,33-39,43,71,73H,9-23,25H2,1-8H3,(H2,55,74)(H,58,61)(H,59,80)(H,62,81)(H,63,83)(H,64,82)(H,65,87)(H,66,78)(H,67,86)(H,68,84)(H,69,85)(H,70,79)(H,72,75)(H,76,77)(H4,56,57,60)/t29-,30-,31+,33-,34-,35-,36-,37-,38-,39-,43-/m0/s1. The Bertz CT molecular complexity index is 2590. The fourth-order valence-corrected chi connectivity index (χ4v) is 8.95. The van der Waals surface area contributed by atoms with Crippen LogP contribution in [0.15, 0.2) is 17.5 Å². The summed E-state index contributed by atoms with van der Waals surface area (Å²) in [6, 6.07) is -14.8. The van der Waals surface area contributed by atoms with Crippen LogP contribution < -0.4 is 81.2 Å². The molecular formula is C54H92N18O17S. The first-order valence-corrected chi connectivity index (χ1v) is 30.7. The molecule has 1 aliphatic heterocycles. The van der Waals surface area contributed by atoms with Gasteiger partial charge in [-0.15, -0.1) is 0 Å². The summed E-state index contributed by atoms with van der Waals surface area (Å²) in [4.78, 5) is 187. The zero-order valence-electron chi connectivity index (χ0n) is 52.0. The molecule has 90 heavy (non-hydrogen) atoms. The largest absolute Gasteiger partial charge is 0.481 e. The Kier molecular flexibility index (Phi) is 35.6. The van der Waals surface area contributed by atoms with Crippen molar-refractivity contribution in [1.82, 2.24) is 74.0 Å². The van der Waals surface area contributed by atoms with Crippen LogP contribution in [0.5, 0.6) is 0 Å². The molecule has 506 valence electrons. The van der Waals surface area contributed by atoms with Crippen molar-refractivity contribution in [2.24, 2.45) is 34.0 Å².